The van der Waals surface area contributed by atoms with E-state index in [2.05, 4.69) is 24.3 Å². The van der Waals surface area contributed by atoms with Crippen molar-refractivity contribution in [2.45, 2.75) is 19.3 Å². The Labute approximate surface area is 89.1 Å². The molecule has 0 saturated carbocycles. The molecule has 2 aliphatic rings. The van der Waals surface area contributed by atoms with E-state index < -0.39 is 0 Å². The zero-order chi connectivity index (χ0) is 10.3. The van der Waals surface area contributed by atoms with E-state index in [1.807, 2.05) is 12.1 Å². The smallest absolute Gasteiger partial charge is 0.167 e. The Hall–Kier alpha value is -1.63. The van der Waals surface area contributed by atoms with Gasteiger partial charge in [0, 0.05) is 12.0 Å². The van der Waals surface area contributed by atoms with Crippen LogP contribution in [0, 0.1) is 0 Å². The van der Waals surface area contributed by atoms with E-state index in [0.717, 1.165) is 18.4 Å². The second-order valence-corrected chi connectivity index (χ2v) is 4.09. The maximum Gasteiger partial charge on any atom is 0.167 e. The summed E-state index contributed by atoms with van der Waals surface area (Å²) in [6.45, 7) is 0. The number of rotatable bonds is 0. The Bertz CT molecular complexity index is 492. The summed E-state index contributed by atoms with van der Waals surface area (Å²) in [5, 5.41) is 0. The lowest BCUT2D eigenvalue weighted by Gasteiger charge is -2.23. The Balaban J connectivity index is 2.25. The lowest BCUT2D eigenvalue weighted by molar-refractivity contribution is -0.114. The second-order valence-electron chi connectivity index (χ2n) is 4.09. The van der Waals surface area contributed by atoms with Crippen LogP contribution in [-0.2, 0) is 11.2 Å². The summed E-state index contributed by atoms with van der Waals surface area (Å²) in [6.07, 6.45) is 6.73. The summed E-state index contributed by atoms with van der Waals surface area (Å²) < 4.78 is 0. The summed E-state index contributed by atoms with van der Waals surface area (Å²) in [7, 11) is 0. The number of fused-ring (bicyclic) bond motifs is 2. The molecular weight excluding hydrogens is 184 g/mol. The fourth-order valence-corrected chi connectivity index (χ4v) is 2.44. The molecule has 0 heterocycles. The molecule has 0 aliphatic heterocycles. The van der Waals surface area contributed by atoms with Gasteiger partial charge >= 0.3 is 0 Å². The summed E-state index contributed by atoms with van der Waals surface area (Å²) in [5.41, 5.74) is 4.68. The highest BCUT2D eigenvalue weighted by atomic mass is 16.1. The third-order valence-electron chi connectivity index (χ3n) is 3.16. The molecule has 2 aliphatic carbocycles. The van der Waals surface area contributed by atoms with E-state index >= 15 is 0 Å². The Morgan fingerprint density at radius 3 is 2.93 bits per heavy atom. The van der Waals surface area contributed by atoms with E-state index in [9.17, 15) is 4.79 Å². The van der Waals surface area contributed by atoms with Crippen LogP contribution in [0.4, 0.5) is 0 Å². The standard InChI is InChI=1S/C14H12O/c15-14-9-10-5-1-2-6-11(10)12-7-3-4-8-13(12)14/h1-2,4-6,8H,3,7,9H2. The van der Waals surface area contributed by atoms with Crippen molar-refractivity contribution in [3.8, 4) is 0 Å². The summed E-state index contributed by atoms with van der Waals surface area (Å²) >= 11 is 0. The van der Waals surface area contributed by atoms with Gasteiger partial charge in [-0.05, 0) is 29.5 Å². The van der Waals surface area contributed by atoms with Gasteiger partial charge in [0.05, 0.1) is 0 Å². The average Bonchev–Trinajstić information content (AvgIpc) is 2.30. The van der Waals surface area contributed by atoms with Gasteiger partial charge in [-0.15, -0.1) is 0 Å². The zero-order valence-electron chi connectivity index (χ0n) is 8.49. The van der Waals surface area contributed by atoms with Crippen LogP contribution in [0.1, 0.15) is 24.0 Å². The fourth-order valence-electron chi connectivity index (χ4n) is 2.44. The molecular formula is C14H12O. The monoisotopic (exact) mass is 196 g/mol. The van der Waals surface area contributed by atoms with Gasteiger partial charge in [0.2, 0.25) is 0 Å². The molecule has 74 valence electrons. The lowest BCUT2D eigenvalue weighted by atomic mass is 9.80. The minimum atomic E-state index is 0.277. The number of carbonyl (C=O) groups excluding carboxylic acids is 1. The van der Waals surface area contributed by atoms with E-state index in [-0.39, 0.29) is 5.78 Å². The first-order valence-corrected chi connectivity index (χ1v) is 5.37. The highest BCUT2D eigenvalue weighted by molar-refractivity contribution is 6.09. The van der Waals surface area contributed by atoms with Crippen molar-refractivity contribution >= 4 is 11.4 Å². The summed E-state index contributed by atoms with van der Waals surface area (Å²) in [5.74, 6) is 0.277. The highest BCUT2D eigenvalue weighted by Crippen LogP contribution is 2.35. The molecule has 1 aromatic carbocycles. The number of Topliss-reactive ketones (excluding diaryl/α,β-unsaturated/α-hetero) is 1. The zero-order valence-corrected chi connectivity index (χ0v) is 8.49. The van der Waals surface area contributed by atoms with Crippen LogP contribution in [0.5, 0.6) is 0 Å². The quantitative estimate of drug-likeness (QED) is 0.623. The molecule has 0 saturated heterocycles. The topological polar surface area (TPSA) is 17.1 Å². The molecule has 0 aromatic heterocycles. The second kappa shape index (κ2) is 3.20. The lowest BCUT2D eigenvalue weighted by Crippen LogP contribution is -2.16. The number of hydrogen-bond donors (Lipinski definition) is 0. The van der Waals surface area contributed by atoms with Crippen LogP contribution in [0.2, 0.25) is 0 Å². The van der Waals surface area contributed by atoms with Gasteiger partial charge in [-0.25, -0.2) is 0 Å². The first kappa shape index (κ1) is 8.66. The minimum Gasteiger partial charge on any atom is -0.294 e. The third-order valence-corrected chi connectivity index (χ3v) is 3.16. The molecule has 0 N–H and O–H groups in total. The van der Waals surface area contributed by atoms with Gasteiger partial charge in [-0.3, -0.25) is 4.79 Å². The molecule has 1 aromatic rings. The SMILES string of the molecule is O=C1Cc2ccccc2C2=C1C=CCC2. The van der Waals surface area contributed by atoms with Gasteiger partial charge < -0.3 is 0 Å². The van der Waals surface area contributed by atoms with Crippen LogP contribution < -0.4 is 0 Å². The van der Waals surface area contributed by atoms with Crippen molar-refractivity contribution in [1.29, 1.82) is 0 Å². The summed E-state index contributed by atoms with van der Waals surface area (Å²) in [6, 6.07) is 8.26. The third kappa shape index (κ3) is 1.27. The van der Waals surface area contributed by atoms with Crippen molar-refractivity contribution in [1.82, 2.24) is 0 Å². The van der Waals surface area contributed by atoms with Gasteiger partial charge in [0.25, 0.3) is 0 Å². The predicted octanol–water partition coefficient (Wildman–Crippen LogP) is 2.92. The number of allylic oxidation sites excluding steroid dienone is 4. The molecule has 1 nitrogen and oxygen atoms in total. The van der Waals surface area contributed by atoms with Crippen molar-refractivity contribution in [2.24, 2.45) is 0 Å². The molecule has 0 atom stereocenters. The van der Waals surface area contributed by atoms with Crippen molar-refractivity contribution in [3.05, 3.63) is 53.1 Å². The van der Waals surface area contributed by atoms with Gasteiger partial charge in [-0.1, -0.05) is 36.4 Å². The van der Waals surface area contributed by atoms with Crippen molar-refractivity contribution < 1.29 is 4.79 Å². The molecule has 15 heavy (non-hydrogen) atoms. The van der Waals surface area contributed by atoms with E-state index in [0.29, 0.717) is 6.42 Å². The van der Waals surface area contributed by atoms with Crippen LogP contribution >= 0.6 is 0 Å². The molecule has 0 spiro atoms. The van der Waals surface area contributed by atoms with E-state index in [4.69, 9.17) is 0 Å². The molecule has 0 amide bonds. The number of carbonyl (C=O) groups is 1. The Morgan fingerprint density at radius 1 is 1.13 bits per heavy atom. The first-order valence-electron chi connectivity index (χ1n) is 5.37. The molecule has 3 rings (SSSR count). The van der Waals surface area contributed by atoms with Crippen LogP contribution in [0.25, 0.3) is 5.57 Å². The first-order chi connectivity index (χ1) is 7.36. The molecule has 1 heteroatoms. The Morgan fingerprint density at radius 2 is 2.00 bits per heavy atom. The highest BCUT2D eigenvalue weighted by Gasteiger charge is 2.24. The molecule has 0 unspecified atom stereocenters. The predicted molar refractivity (Wildman–Crippen MR) is 60.4 cm³/mol. The molecule has 0 bridgehead atoms. The van der Waals surface area contributed by atoms with E-state index in [1.165, 1.54) is 16.7 Å². The molecule has 0 radical (unpaired) electrons. The normalized spacial score (nSPS) is 18.8. The minimum absolute atomic E-state index is 0.277. The van der Waals surface area contributed by atoms with Gasteiger partial charge in [0.1, 0.15) is 0 Å². The number of hydrogen-bond acceptors (Lipinski definition) is 1. The number of ketones is 1. The van der Waals surface area contributed by atoms with Crippen LogP contribution in [0.3, 0.4) is 0 Å². The van der Waals surface area contributed by atoms with E-state index in [1.54, 1.807) is 0 Å². The fraction of sp³-hybridized carbons (Fsp3) is 0.214. The maximum absolute atomic E-state index is 11.9. The Kier molecular flexibility index (Phi) is 1.84. The van der Waals surface area contributed by atoms with Crippen molar-refractivity contribution in [3.63, 3.8) is 0 Å². The van der Waals surface area contributed by atoms with Gasteiger partial charge in [0.15, 0.2) is 5.78 Å². The largest absolute Gasteiger partial charge is 0.294 e. The molecule has 0 fully saturated rings. The van der Waals surface area contributed by atoms with Gasteiger partial charge in [-0.2, -0.15) is 0 Å². The van der Waals surface area contributed by atoms with Crippen molar-refractivity contribution in [2.75, 3.05) is 0 Å². The van der Waals surface area contributed by atoms with Crippen LogP contribution in [-0.4, -0.2) is 5.78 Å². The number of benzene rings is 1. The average molecular weight is 196 g/mol. The van der Waals surface area contributed by atoms with Crippen LogP contribution in [0.15, 0.2) is 42.0 Å². The maximum atomic E-state index is 11.9. The summed E-state index contributed by atoms with van der Waals surface area (Å²) in [4.78, 5) is 11.9.